The smallest absolute Gasteiger partial charge is 0.357 e. The fraction of sp³-hybridized carbons (Fsp3) is 0.231. The first-order valence-electron chi connectivity index (χ1n) is 5.60. The maximum Gasteiger partial charge on any atom is 0.357 e. The fourth-order valence-corrected chi connectivity index (χ4v) is 2.77. The van der Waals surface area contributed by atoms with Crippen LogP contribution in [0.5, 0.6) is 0 Å². The summed E-state index contributed by atoms with van der Waals surface area (Å²) < 4.78 is 5.72. The number of aromatic nitrogens is 1. The number of ether oxygens (including phenoxy) is 1. The molecule has 0 aliphatic heterocycles. The number of aryl methyl sites for hydroxylation is 1. The molecule has 0 spiro atoms. The summed E-state index contributed by atoms with van der Waals surface area (Å²) in [5.74, 6) is -0.409. The van der Waals surface area contributed by atoms with Gasteiger partial charge >= 0.3 is 5.97 Å². The van der Waals surface area contributed by atoms with E-state index in [1.54, 1.807) is 0 Å². The summed E-state index contributed by atoms with van der Waals surface area (Å²) in [5.41, 5.74) is 2.41. The third-order valence-corrected chi connectivity index (χ3v) is 4.43. The molecule has 0 amide bonds. The number of carbonyl (C=O) groups excluding carboxylic acids is 1. The van der Waals surface area contributed by atoms with Crippen LogP contribution < -0.4 is 5.32 Å². The minimum atomic E-state index is -0.409. The van der Waals surface area contributed by atoms with Crippen molar-refractivity contribution in [3.05, 3.63) is 38.8 Å². The van der Waals surface area contributed by atoms with Gasteiger partial charge in [0.05, 0.1) is 7.11 Å². The molecule has 0 aliphatic carbocycles. The maximum absolute atomic E-state index is 11.5. The van der Waals surface area contributed by atoms with Crippen LogP contribution in [0.25, 0.3) is 0 Å². The number of anilines is 2. The summed E-state index contributed by atoms with van der Waals surface area (Å²) in [6, 6.07) is 5.89. The second-order valence-electron chi connectivity index (χ2n) is 3.95. The number of methoxy groups -OCH3 is 1. The Hall–Kier alpha value is -1.40. The van der Waals surface area contributed by atoms with Crippen molar-refractivity contribution < 1.29 is 9.53 Å². The maximum atomic E-state index is 11.5. The van der Waals surface area contributed by atoms with E-state index in [-0.39, 0.29) is 0 Å². The van der Waals surface area contributed by atoms with Gasteiger partial charge < -0.3 is 10.1 Å². The van der Waals surface area contributed by atoms with Crippen LogP contribution in [0.15, 0.2) is 22.7 Å². The average molecular weight is 341 g/mol. The molecule has 0 aliphatic rings. The lowest BCUT2D eigenvalue weighted by Crippen LogP contribution is -2.03. The van der Waals surface area contributed by atoms with Crippen molar-refractivity contribution in [2.24, 2.45) is 0 Å². The molecular weight excluding hydrogens is 328 g/mol. The number of benzene rings is 1. The molecule has 4 nitrogen and oxygen atoms in total. The third-order valence-electron chi connectivity index (χ3n) is 2.68. The highest BCUT2D eigenvalue weighted by Gasteiger charge is 2.16. The number of hydrogen-bond donors (Lipinski definition) is 1. The Balaban J connectivity index is 2.29. The number of esters is 1. The van der Waals surface area contributed by atoms with E-state index in [0.717, 1.165) is 20.6 Å². The molecule has 0 saturated carbocycles. The van der Waals surface area contributed by atoms with Crippen LogP contribution >= 0.6 is 27.3 Å². The van der Waals surface area contributed by atoms with Crippen LogP contribution in [0.4, 0.5) is 10.8 Å². The molecular formula is C13H13BrN2O2S. The Labute approximate surface area is 124 Å². The minimum Gasteiger partial charge on any atom is -0.464 e. The van der Waals surface area contributed by atoms with E-state index < -0.39 is 5.97 Å². The van der Waals surface area contributed by atoms with Crippen molar-refractivity contribution in [1.29, 1.82) is 0 Å². The van der Waals surface area contributed by atoms with Crippen LogP contribution in [-0.4, -0.2) is 18.1 Å². The number of hydrogen-bond acceptors (Lipinski definition) is 5. The van der Waals surface area contributed by atoms with Crippen LogP contribution in [-0.2, 0) is 4.74 Å². The van der Waals surface area contributed by atoms with E-state index in [1.165, 1.54) is 18.4 Å². The van der Waals surface area contributed by atoms with Crippen LogP contribution in [0.3, 0.4) is 0 Å². The van der Waals surface area contributed by atoms with Crippen molar-refractivity contribution in [2.45, 2.75) is 13.8 Å². The Morgan fingerprint density at radius 3 is 2.84 bits per heavy atom. The lowest BCUT2D eigenvalue weighted by molar-refractivity contribution is 0.0594. The van der Waals surface area contributed by atoms with Gasteiger partial charge in [-0.25, -0.2) is 9.78 Å². The van der Waals surface area contributed by atoms with Crippen LogP contribution in [0.2, 0.25) is 0 Å². The van der Waals surface area contributed by atoms with Gasteiger partial charge in [-0.1, -0.05) is 22.0 Å². The van der Waals surface area contributed by atoms with E-state index in [0.29, 0.717) is 10.8 Å². The summed E-state index contributed by atoms with van der Waals surface area (Å²) >= 11 is 4.91. The average Bonchev–Trinajstić information content (AvgIpc) is 2.75. The zero-order chi connectivity index (χ0) is 14.0. The Morgan fingerprint density at radius 2 is 2.16 bits per heavy atom. The van der Waals surface area contributed by atoms with Gasteiger partial charge in [-0.15, -0.1) is 11.3 Å². The van der Waals surface area contributed by atoms with Crippen LogP contribution in [0.1, 0.15) is 20.9 Å². The van der Waals surface area contributed by atoms with Gasteiger partial charge in [-0.2, -0.15) is 0 Å². The van der Waals surface area contributed by atoms with Crippen molar-refractivity contribution in [2.75, 3.05) is 12.4 Å². The fourth-order valence-electron chi connectivity index (χ4n) is 1.59. The molecule has 6 heteroatoms. The lowest BCUT2D eigenvalue weighted by Gasteiger charge is -2.07. The molecule has 1 heterocycles. The standard InChI is InChI=1S/C13H13BrN2O2S/c1-7-9(14)5-4-6-10(7)15-13-16-11(8(2)19-13)12(17)18-3/h4-6H,1-3H3,(H,15,16). The van der Waals surface area contributed by atoms with Gasteiger partial charge in [0.2, 0.25) is 0 Å². The molecule has 1 aromatic heterocycles. The molecule has 1 aromatic carbocycles. The zero-order valence-corrected chi connectivity index (χ0v) is 13.2. The lowest BCUT2D eigenvalue weighted by atomic mass is 10.2. The van der Waals surface area contributed by atoms with E-state index in [2.05, 4.69) is 26.2 Å². The predicted molar refractivity (Wildman–Crippen MR) is 80.4 cm³/mol. The molecule has 2 rings (SSSR count). The van der Waals surface area contributed by atoms with Gasteiger partial charge in [-0.3, -0.25) is 0 Å². The van der Waals surface area contributed by atoms with Gasteiger partial charge in [-0.05, 0) is 31.5 Å². The summed E-state index contributed by atoms with van der Waals surface area (Å²) in [7, 11) is 1.35. The van der Waals surface area contributed by atoms with Gasteiger partial charge in [0.25, 0.3) is 0 Å². The minimum absolute atomic E-state index is 0.364. The Kier molecular flexibility index (Phi) is 4.21. The molecule has 1 N–H and O–H groups in total. The summed E-state index contributed by atoms with van der Waals surface area (Å²) in [6.07, 6.45) is 0. The molecule has 0 radical (unpaired) electrons. The number of nitrogens with zero attached hydrogens (tertiary/aromatic N) is 1. The van der Waals surface area contributed by atoms with E-state index >= 15 is 0 Å². The topological polar surface area (TPSA) is 51.2 Å². The molecule has 2 aromatic rings. The number of halogens is 1. The number of thiazole rings is 1. The monoisotopic (exact) mass is 340 g/mol. The van der Waals surface area contributed by atoms with Crippen LogP contribution in [0, 0.1) is 13.8 Å². The quantitative estimate of drug-likeness (QED) is 0.856. The van der Waals surface area contributed by atoms with Crippen molar-refractivity contribution >= 4 is 44.1 Å². The summed E-state index contributed by atoms with van der Waals surface area (Å²) in [4.78, 5) is 16.6. The van der Waals surface area contributed by atoms with Gasteiger partial charge in [0, 0.05) is 15.0 Å². The van der Waals surface area contributed by atoms with E-state index in [4.69, 9.17) is 4.74 Å². The molecule has 100 valence electrons. The molecule has 19 heavy (non-hydrogen) atoms. The van der Waals surface area contributed by atoms with Gasteiger partial charge in [0.15, 0.2) is 10.8 Å². The molecule has 0 saturated heterocycles. The summed E-state index contributed by atoms with van der Waals surface area (Å²) in [6.45, 7) is 3.86. The van der Waals surface area contributed by atoms with Crippen molar-refractivity contribution in [1.82, 2.24) is 4.98 Å². The Bertz CT molecular complexity index is 625. The highest BCUT2D eigenvalue weighted by atomic mass is 79.9. The Morgan fingerprint density at radius 1 is 1.42 bits per heavy atom. The highest BCUT2D eigenvalue weighted by Crippen LogP contribution is 2.29. The third kappa shape index (κ3) is 2.96. The molecule has 0 fully saturated rings. The number of nitrogens with one attached hydrogen (secondary N) is 1. The van der Waals surface area contributed by atoms with E-state index in [1.807, 2.05) is 32.0 Å². The highest BCUT2D eigenvalue weighted by molar-refractivity contribution is 9.10. The number of rotatable bonds is 3. The first-order chi connectivity index (χ1) is 9.02. The summed E-state index contributed by atoms with van der Waals surface area (Å²) in [5, 5.41) is 3.90. The second-order valence-corrected chi connectivity index (χ2v) is 6.01. The van der Waals surface area contributed by atoms with Gasteiger partial charge in [0.1, 0.15) is 0 Å². The molecule has 0 bridgehead atoms. The normalized spacial score (nSPS) is 10.3. The SMILES string of the molecule is COC(=O)c1nc(Nc2cccc(Br)c2C)sc1C. The largest absolute Gasteiger partial charge is 0.464 e. The first kappa shape index (κ1) is 14.0. The van der Waals surface area contributed by atoms with Crippen molar-refractivity contribution in [3.63, 3.8) is 0 Å². The van der Waals surface area contributed by atoms with E-state index in [9.17, 15) is 4.79 Å². The van der Waals surface area contributed by atoms with Crippen molar-refractivity contribution in [3.8, 4) is 0 Å². The molecule has 0 atom stereocenters. The first-order valence-corrected chi connectivity index (χ1v) is 7.21. The number of carbonyl (C=O) groups is 1. The zero-order valence-electron chi connectivity index (χ0n) is 10.8. The predicted octanol–water partition coefficient (Wildman–Crippen LogP) is 4.05. The second kappa shape index (κ2) is 5.71. The molecule has 0 unspecified atom stereocenters.